The van der Waals surface area contributed by atoms with Crippen molar-refractivity contribution in [2.24, 2.45) is 0 Å². The number of hydrogen-bond donors (Lipinski definition) is 1. The Kier molecular flexibility index (Phi) is 5.77. The quantitative estimate of drug-likeness (QED) is 0.529. The van der Waals surface area contributed by atoms with Crippen LogP contribution in [-0.2, 0) is 0 Å². The zero-order valence-electron chi connectivity index (χ0n) is 16.5. The van der Waals surface area contributed by atoms with Gasteiger partial charge in [-0.15, -0.1) is 0 Å². The van der Waals surface area contributed by atoms with E-state index in [1.54, 1.807) is 0 Å². The van der Waals surface area contributed by atoms with Crippen molar-refractivity contribution >= 4 is 27.5 Å². The third-order valence-corrected chi connectivity index (χ3v) is 5.22. The molecule has 0 fully saturated rings. The highest BCUT2D eigenvalue weighted by Crippen LogP contribution is 2.33. The maximum Gasteiger partial charge on any atom is 0.0730 e. The molecule has 0 unspecified atom stereocenters. The molecule has 0 atom stereocenters. The zero-order chi connectivity index (χ0) is 18.6. The lowest BCUT2D eigenvalue weighted by atomic mass is 9.96. The lowest BCUT2D eigenvalue weighted by molar-refractivity contribution is 0.287. The highest BCUT2D eigenvalue weighted by Gasteiger charge is 2.20. The summed E-state index contributed by atoms with van der Waals surface area (Å²) in [7, 11) is 0. The highest BCUT2D eigenvalue weighted by atomic mass is 15.1. The van der Waals surface area contributed by atoms with Gasteiger partial charge in [-0.05, 0) is 58.5 Å². The smallest absolute Gasteiger partial charge is 0.0730 e. The first kappa shape index (κ1) is 18.7. The van der Waals surface area contributed by atoms with Crippen LogP contribution < -0.4 is 5.32 Å². The minimum Gasteiger partial charge on any atom is -0.379 e. The molecule has 26 heavy (non-hydrogen) atoms. The van der Waals surface area contributed by atoms with E-state index < -0.39 is 0 Å². The molecule has 1 heterocycles. The van der Waals surface area contributed by atoms with Crippen molar-refractivity contribution in [2.75, 3.05) is 25.0 Å². The number of para-hydroxylation sites is 2. The summed E-state index contributed by atoms with van der Waals surface area (Å²) < 4.78 is 0. The first-order valence-corrected chi connectivity index (χ1v) is 9.82. The molecule has 0 saturated heterocycles. The fourth-order valence-electron chi connectivity index (χ4n) is 3.66. The molecule has 1 aromatic heterocycles. The maximum atomic E-state index is 4.83. The Morgan fingerprint density at radius 2 is 1.42 bits per heavy atom. The van der Waals surface area contributed by atoms with Crippen molar-refractivity contribution < 1.29 is 0 Å². The fourth-order valence-corrected chi connectivity index (χ4v) is 3.66. The zero-order valence-corrected chi connectivity index (χ0v) is 16.5. The normalized spacial score (nSPS) is 12.2. The van der Waals surface area contributed by atoms with Crippen LogP contribution in [0.1, 0.15) is 40.5 Å². The largest absolute Gasteiger partial charge is 0.379 e. The van der Waals surface area contributed by atoms with Crippen LogP contribution in [0.25, 0.3) is 21.8 Å². The van der Waals surface area contributed by atoms with Gasteiger partial charge in [0.25, 0.3) is 0 Å². The minimum absolute atomic E-state index is 0.0278. The molecule has 3 rings (SSSR count). The van der Waals surface area contributed by atoms with Crippen LogP contribution >= 0.6 is 0 Å². The van der Waals surface area contributed by atoms with Gasteiger partial charge in [0.05, 0.1) is 16.7 Å². The number of pyridine rings is 1. The summed E-state index contributed by atoms with van der Waals surface area (Å²) in [5.41, 5.74) is 3.33. The van der Waals surface area contributed by atoms with Crippen molar-refractivity contribution in [1.29, 1.82) is 0 Å². The summed E-state index contributed by atoms with van der Waals surface area (Å²) in [6, 6.07) is 16.8. The lowest BCUT2D eigenvalue weighted by Crippen LogP contribution is -2.33. The second-order valence-electron chi connectivity index (χ2n) is 7.66. The number of nitrogens with one attached hydrogen (secondary N) is 1. The van der Waals surface area contributed by atoms with Gasteiger partial charge in [-0.2, -0.15) is 0 Å². The van der Waals surface area contributed by atoms with Crippen molar-refractivity contribution in [3.8, 4) is 0 Å². The van der Waals surface area contributed by atoms with Gasteiger partial charge in [-0.25, -0.2) is 4.98 Å². The Morgan fingerprint density at radius 1 is 0.885 bits per heavy atom. The van der Waals surface area contributed by atoms with Gasteiger partial charge in [0.2, 0.25) is 0 Å². The number of aromatic nitrogens is 1. The number of fused-ring (bicyclic) bond motifs is 2. The van der Waals surface area contributed by atoms with Gasteiger partial charge >= 0.3 is 0 Å². The minimum atomic E-state index is 0.0278. The van der Waals surface area contributed by atoms with E-state index in [0.717, 1.165) is 37.1 Å². The van der Waals surface area contributed by atoms with Crippen LogP contribution in [0.15, 0.2) is 48.5 Å². The van der Waals surface area contributed by atoms with Crippen LogP contribution in [0.4, 0.5) is 5.69 Å². The van der Waals surface area contributed by atoms with Crippen molar-refractivity contribution in [1.82, 2.24) is 9.88 Å². The van der Waals surface area contributed by atoms with Crippen LogP contribution in [0.2, 0.25) is 0 Å². The molecular weight excluding hydrogens is 318 g/mol. The van der Waals surface area contributed by atoms with Crippen LogP contribution in [-0.4, -0.2) is 35.1 Å². The van der Waals surface area contributed by atoms with Crippen LogP contribution in [0.3, 0.4) is 0 Å². The van der Waals surface area contributed by atoms with E-state index >= 15 is 0 Å². The molecule has 3 nitrogen and oxygen atoms in total. The van der Waals surface area contributed by atoms with E-state index in [0.29, 0.717) is 0 Å². The molecular formula is C23H31N3. The van der Waals surface area contributed by atoms with E-state index in [-0.39, 0.29) is 5.54 Å². The molecule has 1 N–H and O–H groups in total. The molecule has 2 aromatic carbocycles. The SMILES string of the molecule is CCN(CC)CCCC(C)(C)Nc1c2ccccc2nc2ccccc12. The Hall–Kier alpha value is -2.13. The van der Waals surface area contributed by atoms with Gasteiger partial charge in [-0.1, -0.05) is 50.2 Å². The molecule has 0 aliphatic carbocycles. The number of nitrogens with zero attached hydrogens (tertiary/aromatic N) is 2. The van der Waals surface area contributed by atoms with Gasteiger partial charge in [0.15, 0.2) is 0 Å². The van der Waals surface area contributed by atoms with Crippen LogP contribution in [0, 0.1) is 0 Å². The first-order valence-electron chi connectivity index (χ1n) is 9.82. The second kappa shape index (κ2) is 8.05. The molecule has 0 radical (unpaired) electrons. The Morgan fingerprint density at radius 3 is 1.96 bits per heavy atom. The number of rotatable bonds is 8. The number of hydrogen-bond acceptors (Lipinski definition) is 3. The number of anilines is 1. The molecule has 0 bridgehead atoms. The third-order valence-electron chi connectivity index (χ3n) is 5.22. The molecule has 3 heteroatoms. The number of benzene rings is 2. The molecule has 3 aromatic rings. The molecule has 0 aliphatic rings. The lowest BCUT2D eigenvalue weighted by Gasteiger charge is -2.30. The highest BCUT2D eigenvalue weighted by molar-refractivity contribution is 6.07. The summed E-state index contributed by atoms with van der Waals surface area (Å²) in [5.74, 6) is 0. The van der Waals surface area contributed by atoms with Gasteiger partial charge in [0.1, 0.15) is 0 Å². The molecule has 0 saturated carbocycles. The monoisotopic (exact) mass is 349 g/mol. The topological polar surface area (TPSA) is 28.2 Å². The average molecular weight is 350 g/mol. The second-order valence-corrected chi connectivity index (χ2v) is 7.66. The maximum absolute atomic E-state index is 4.83. The summed E-state index contributed by atoms with van der Waals surface area (Å²) in [6.07, 6.45) is 2.33. The van der Waals surface area contributed by atoms with Crippen molar-refractivity contribution in [2.45, 2.75) is 46.1 Å². The summed E-state index contributed by atoms with van der Waals surface area (Å²) in [4.78, 5) is 7.32. The molecule has 0 spiro atoms. The van der Waals surface area contributed by atoms with Crippen LogP contribution in [0.5, 0.6) is 0 Å². The first-order chi connectivity index (χ1) is 12.5. The molecule has 0 aliphatic heterocycles. The molecule has 138 valence electrons. The summed E-state index contributed by atoms with van der Waals surface area (Å²) in [5, 5.41) is 6.25. The average Bonchev–Trinajstić information content (AvgIpc) is 2.65. The van der Waals surface area contributed by atoms with Gasteiger partial charge in [-0.3, -0.25) is 0 Å². The fraction of sp³-hybridized carbons (Fsp3) is 0.435. The van der Waals surface area contributed by atoms with E-state index in [2.05, 4.69) is 86.4 Å². The Labute approximate surface area is 157 Å². The van der Waals surface area contributed by atoms with E-state index in [9.17, 15) is 0 Å². The molecule has 0 amide bonds. The van der Waals surface area contributed by atoms with Gasteiger partial charge in [0, 0.05) is 16.3 Å². The third kappa shape index (κ3) is 4.16. The Bertz CT molecular complexity index is 812. The standard InChI is InChI=1S/C23H31N3/c1-5-26(6-2)17-11-16-23(3,4)25-22-18-12-7-9-14-20(18)24-21-15-10-8-13-19(21)22/h7-10,12-15H,5-6,11,16-17H2,1-4H3,(H,24,25). The predicted octanol–water partition coefficient (Wildman–Crippen LogP) is 5.70. The van der Waals surface area contributed by atoms with Crippen molar-refractivity contribution in [3.63, 3.8) is 0 Å². The van der Waals surface area contributed by atoms with Gasteiger partial charge < -0.3 is 10.2 Å². The van der Waals surface area contributed by atoms with Crippen molar-refractivity contribution in [3.05, 3.63) is 48.5 Å². The van der Waals surface area contributed by atoms with E-state index in [4.69, 9.17) is 4.98 Å². The summed E-state index contributed by atoms with van der Waals surface area (Å²) in [6.45, 7) is 12.5. The van der Waals surface area contributed by atoms with E-state index in [1.807, 2.05) is 0 Å². The summed E-state index contributed by atoms with van der Waals surface area (Å²) >= 11 is 0. The predicted molar refractivity (Wildman–Crippen MR) is 114 cm³/mol. The van der Waals surface area contributed by atoms with E-state index in [1.165, 1.54) is 22.9 Å². The Balaban J connectivity index is 1.88.